The number of benzene rings is 2. The van der Waals surface area contributed by atoms with Crippen LogP contribution in [0.4, 0.5) is 0 Å². The van der Waals surface area contributed by atoms with Crippen LogP contribution in [0.15, 0.2) is 66.2 Å². The van der Waals surface area contributed by atoms with E-state index in [1.165, 1.54) is 12.5 Å². The van der Waals surface area contributed by atoms with Crippen molar-refractivity contribution in [2.45, 2.75) is 0 Å². The molecular formula is C19H14ClN5O. The van der Waals surface area contributed by atoms with Crippen LogP contribution in [0.25, 0.3) is 22.0 Å². The number of rotatable bonds is 4. The van der Waals surface area contributed by atoms with Gasteiger partial charge in [-0.05, 0) is 11.6 Å². The highest BCUT2D eigenvalue weighted by molar-refractivity contribution is 6.36. The monoisotopic (exact) mass is 363 g/mol. The number of hydrazone groups is 1. The minimum absolute atomic E-state index is 0.355. The van der Waals surface area contributed by atoms with Gasteiger partial charge in [-0.2, -0.15) is 5.10 Å². The minimum Gasteiger partial charge on any atom is -0.349 e. The van der Waals surface area contributed by atoms with Crippen molar-refractivity contribution in [3.63, 3.8) is 0 Å². The first kappa shape index (κ1) is 16.1. The number of nitrogens with zero attached hydrogens (tertiary/aromatic N) is 2. The molecule has 0 bridgehead atoms. The molecule has 0 radical (unpaired) electrons. The third-order valence-electron chi connectivity index (χ3n) is 3.96. The van der Waals surface area contributed by atoms with Gasteiger partial charge in [-0.3, -0.25) is 4.79 Å². The second kappa shape index (κ2) is 6.85. The fourth-order valence-electron chi connectivity index (χ4n) is 2.81. The first-order valence-corrected chi connectivity index (χ1v) is 8.29. The number of para-hydroxylation sites is 1. The van der Waals surface area contributed by atoms with Crippen molar-refractivity contribution >= 4 is 34.6 Å². The Labute approximate surface area is 153 Å². The molecule has 0 atom stereocenters. The Balaban J connectivity index is 1.76. The van der Waals surface area contributed by atoms with E-state index in [1.807, 2.05) is 42.5 Å². The van der Waals surface area contributed by atoms with Crippen molar-refractivity contribution in [2.75, 3.05) is 0 Å². The molecule has 1 amide bonds. The molecule has 6 nitrogen and oxygen atoms in total. The molecule has 4 aromatic rings. The van der Waals surface area contributed by atoms with Crippen LogP contribution in [0.5, 0.6) is 0 Å². The molecule has 26 heavy (non-hydrogen) atoms. The van der Waals surface area contributed by atoms with Gasteiger partial charge in [0.25, 0.3) is 5.91 Å². The Kier molecular flexibility index (Phi) is 4.25. The molecule has 2 aromatic carbocycles. The van der Waals surface area contributed by atoms with Crippen LogP contribution in [0.1, 0.15) is 16.2 Å². The van der Waals surface area contributed by atoms with Gasteiger partial charge < -0.3 is 9.97 Å². The quantitative estimate of drug-likeness (QED) is 0.378. The van der Waals surface area contributed by atoms with E-state index < -0.39 is 0 Å². The smallest absolute Gasteiger partial charge is 0.288 e. The second-order valence-corrected chi connectivity index (χ2v) is 6.02. The third kappa shape index (κ3) is 2.98. The van der Waals surface area contributed by atoms with Crippen molar-refractivity contribution < 1.29 is 4.79 Å². The Morgan fingerprint density at radius 2 is 2.00 bits per heavy atom. The molecule has 0 unspecified atom stereocenters. The largest absolute Gasteiger partial charge is 0.349 e. The fraction of sp³-hybridized carbons (Fsp3) is 0. The number of carbonyl (C=O) groups is 1. The summed E-state index contributed by atoms with van der Waals surface area (Å²) in [5, 5.41) is 5.40. The third-order valence-corrected chi connectivity index (χ3v) is 4.28. The number of halogens is 1. The fourth-order valence-corrected chi connectivity index (χ4v) is 3.03. The molecule has 3 N–H and O–H groups in total. The number of imidazole rings is 1. The van der Waals surface area contributed by atoms with Crippen molar-refractivity contribution in [3.05, 3.63) is 77.5 Å². The summed E-state index contributed by atoms with van der Waals surface area (Å²) in [6, 6.07) is 15.3. The molecular weight excluding hydrogens is 350 g/mol. The molecule has 2 aromatic heterocycles. The van der Waals surface area contributed by atoms with E-state index >= 15 is 0 Å². The van der Waals surface area contributed by atoms with Crippen LogP contribution < -0.4 is 5.43 Å². The van der Waals surface area contributed by atoms with E-state index in [1.54, 1.807) is 12.3 Å². The molecule has 0 saturated carbocycles. The van der Waals surface area contributed by atoms with Crippen LogP contribution >= 0.6 is 11.6 Å². The molecule has 2 heterocycles. The van der Waals surface area contributed by atoms with Gasteiger partial charge in [0.15, 0.2) is 0 Å². The lowest BCUT2D eigenvalue weighted by Crippen LogP contribution is -2.18. The molecule has 0 spiro atoms. The van der Waals surface area contributed by atoms with Gasteiger partial charge in [0.1, 0.15) is 5.69 Å². The second-order valence-electron chi connectivity index (χ2n) is 5.61. The zero-order chi connectivity index (χ0) is 17.9. The average Bonchev–Trinajstić information content (AvgIpc) is 3.30. The topological polar surface area (TPSA) is 85.9 Å². The maximum Gasteiger partial charge on any atom is 0.288 e. The molecule has 0 aliphatic heterocycles. The summed E-state index contributed by atoms with van der Waals surface area (Å²) in [4.78, 5) is 22.6. The molecule has 0 aliphatic rings. The number of H-pyrrole nitrogens is 2. The maximum absolute atomic E-state index is 12.7. The number of aromatic amines is 2. The highest BCUT2D eigenvalue weighted by Gasteiger charge is 2.20. The first-order valence-electron chi connectivity index (χ1n) is 7.91. The number of nitrogens with one attached hydrogen (secondary N) is 3. The summed E-state index contributed by atoms with van der Waals surface area (Å²) in [5.74, 6) is -0.355. The van der Waals surface area contributed by atoms with Crippen molar-refractivity contribution in [1.82, 2.24) is 20.4 Å². The Morgan fingerprint density at radius 3 is 2.77 bits per heavy atom. The molecule has 0 aliphatic carbocycles. The van der Waals surface area contributed by atoms with Crippen LogP contribution in [-0.4, -0.2) is 27.1 Å². The summed E-state index contributed by atoms with van der Waals surface area (Å²) >= 11 is 6.30. The van der Waals surface area contributed by atoms with Gasteiger partial charge in [0.2, 0.25) is 0 Å². The lowest BCUT2D eigenvalue weighted by atomic mass is 10.0. The van der Waals surface area contributed by atoms with Crippen molar-refractivity contribution in [2.24, 2.45) is 5.10 Å². The Morgan fingerprint density at radius 1 is 1.15 bits per heavy atom. The Bertz CT molecular complexity index is 1080. The minimum atomic E-state index is -0.355. The molecule has 0 saturated heterocycles. The van der Waals surface area contributed by atoms with Gasteiger partial charge in [0, 0.05) is 10.9 Å². The number of carbonyl (C=O) groups excluding carboxylic acids is 1. The van der Waals surface area contributed by atoms with E-state index in [4.69, 9.17) is 11.6 Å². The van der Waals surface area contributed by atoms with Crippen LogP contribution in [0.3, 0.4) is 0 Å². The molecule has 128 valence electrons. The average molecular weight is 364 g/mol. The van der Waals surface area contributed by atoms with Crippen molar-refractivity contribution in [3.8, 4) is 11.1 Å². The molecule has 0 fully saturated rings. The number of hydrogen-bond acceptors (Lipinski definition) is 3. The van der Waals surface area contributed by atoms with Crippen LogP contribution in [-0.2, 0) is 0 Å². The lowest BCUT2D eigenvalue weighted by molar-refractivity contribution is 0.0951. The number of fused-ring (bicyclic) bond motifs is 1. The van der Waals surface area contributed by atoms with Gasteiger partial charge in [-0.1, -0.05) is 54.1 Å². The summed E-state index contributed by atoms with van der Waals surface area (Å²) in [7, 11) is 0. The van der Waals surface area contributed by atoms with Crippen LogP contribution in [0, 0.1) is 0 Å². The first-order chi connectivity index (χ1) is 12.7. The van der Waals surface area contributed by atoms with Gasteiger partial charge in [0.05, 0.1) is 35.0 Å². The van der Waals surface area contributed by atoms with E-state index in [9.17, 15) is 4.79 Å². The lowest BCUT2D eigenvalue weighted by Gasteiger charge is -2.04. The van der Waals surface area contributed by atoms with Gasteiger partial charge >= 0.3 is 0 Å². The van der Waals surface area contributed by atoms with Crippen molar-refractivity contribution in [1.29, 1.82) is 0 Å². The SMILES string of the molecule is O=C(N/N=C\c1cnc[nH]1)c1[nH]c2c(Cl)cccc2c1-c1ccccc1. The predicted octanol–water partition coefficient (Wildman–Crippen LogP) is 3.98. The summed E-state index contributed by atoms with van der Waals surface area (Å²) in [5.41, 5.74) is 6.06. The predicted molar refractivity (Wildman–Crippen MR) is 102 cm³/mol. The maximum atomic E-state index is 12.7. The normalized spacial score (nSPS) is 11.3. The zero-order valence-corrected chi connectivity index (χ0v) is 14.3. The van der Waals surface area contributed by atoms with E-state index in [0.29, 0.717) is 16.4 Å². The van der Waals surface area contributed by atoms with E-state index in [0.717, 1.165) is 22.0 Å². The van der Waals surface area contributed by atoms with Gasteiger partial charge in [-0.15, -0.1) is 0 Å². The van der Waals surface area contributed by atoms with E-state index in [-0.39, 0.29) is 5.91 Å². The van der Waals surface area contributed by atoms with Gasteiger partial charge in [-0.25, -0.2) is 10.4 Å². The number of hydrogen-bond donors (Lipinski definition) is 3. The Hall–Kier alpha value is -3.38. The van der Waals surface area contributed by atoms with Crippen LogP contribution in [0.2, 0.25) is 5.02 Å². The highest BCUT2D eigenvalue weighted by Crippen LogP contribution is 2.35. The molecule has 4 rings (SSSR count). The standard InChI is InChI=1S/C19H14ClN5O/c20-15-8-4-7-14-16(12-5-2-1-3-6-12)18(24-17(14)15)19(26)25-23-10-13-9-21-11-22-13/h1-11,24H,(H,21,22)(H,25,26)/b23-10-. The summed E-state index contributed by atoms with van der Waals surface area (Å²) in [6.07, 6.45) is 4.63. The highest BCUT2D eigenvalue weighted by atomic mass is 35.5. The molecule has 7 heteroatoms. The number of aromatic nitrogens is 3. The summed E-state index contributed by atoms with van der Waals surface area (Å²) in [6.45, 7) is 0. The summed E-state index contributed by atoms with van der Waals surface area (Å²) < 4.78 is 0. The zero-order valence-electron chi connectivity index (χ0n) is 13.5. The number of amides is 1. The van der Waals surface area contributed by atoms with E-state index in [2.05, 4.69) is 25.5 Å².